The molecule has 0 amide bonds. The van der Waals surface area contributed by atoms with Gasteiger partial charge in [-0.3, -0.25) is 4.90 Å². The fourth-order valence-electron chi connectivity index (χ4n) is 6.37. The van der Waals surface area contributed by atoms with Crippen molar-refractivity contribution in [3.05, 3.63) is 59.2 Å². The molecule has 0 radical (unpaired) electrons. The minimum Gasteiger partial charge on any atom is -0.508 e. The number of hydrogen-bond acceptors (Lipinski definition) is 3. The van der Waals surface area contributed by atoms with E-state index in [0.29, 0.717) is 17.2 Å². The Morgan fingerprint density at radius 2 is 2.00 bits per heavy atom. The Hall–Kier alpha value is -1.71. The number of benzene rings is 2. The van der Waals surface area contributed by atoms with E-state index in [2.05, 4.69) is 35.2 Å². The van der Waals surface area contributed by atoms with Crippen LogP contribution in [-0.2, 0) is 18.3 Å². The summed E-state index contributed by atoms with van der Waals surface area (Å²) in [5, 5.41) is 10.1. The number of rotatable bonds is 3. The third-order valence-electron chi connectivity index (χ3n) is 7.57. The van der Waals surface area contributed by atoms with Gasteiger partial charge < -0.3 is 10.8 Å². The second-order valence-electron chi connectivity index (χ2n) is 8.90. The molecule has 4 heteroatoms. The molecule has 2 aromatic rings. The molecule has 1 heterocycles. The highest BCUT2D eigenvalue weighted by Crippen LogP contribution is 2.56. The average molecular weight is 399 g/mol. The number of phenolic OH excluding ortho intramolecular Hbond substituents is 1. The van der Waals surface area contributed by atoms with E-state index in [0.717, 1.165) is 31.0 Å². The summed E-state index contributed by atoms with van der Waals surface area (Å²) in [5.74, 6) is 1.19. The topological polar surface area (TPSA) is 49.5 Å². The summed E-state index contributed by atoms with van der Waals surface area (Å²) in [4.78, 5) is 2.76. The fraction of sp³-hybridized carbons (Fsp3) is 0.500. The van der Waals surface area contributed by atoms with Crippen LogP contribution in [0.2, 0.25) is 0 Å². The highest BCUT2D eigenvalue weighted by molar-refractivity contribution is 5.85. The second-order valence-corrected chi connectivity index (χ2v) is 8.90. The molecule has 3 nitrogen and oxygen atoms in total. The summed E-state index contributed by atoms with van der Waals surface area (Å²) in [5.41, 5.74) is 11.4. The van der Waals surface area contributed by atoms with Gasteiger partial charge in [0.15, 0.2) is 0 Å². The van der Waals surface area contributed by atoms with Gasteiger partial charge >= 0.3 is 0 Å². The van der Waals surface area contributed by atoms with Gasteiger partial charge in [0, 0.05) is 23.7 Å². The van der Waals surface area contributed by atoms with Crippen LogP contribution in [0.15, 0.2) is 42.5 Å². The third kappa shape index (κ3) is 3.19. The number of phenols is 1. The Bertz CT molecular complexity index is 854. The van der Waals surface area contributed by atoms with E-state index in [1.165, 1.54) is 55.3 Å². The SMILES string of the molecule is Cl.Nc1cccc(CCN2CC[C@]34CCCC[C@H]3[C@@H]2Cc2ccc(O)cc24)c1. The van der Waals surface area contributed by atoms with Gasteiger partial charge in [-0.05, 0) is 85.5 Å². The highest BCUT2D eigenvalue weighted by atomic mass is 35.5. The normalized spacial score (nSPS) is 28.7. The predicted octanol–water partition coefficient (Wildman–Crippen LogP) is 4.70. The molecule has 0 unspecified atom stereocenters. The second kappa shape index (κ2) is 7.61. The largest absolute Gasteiger partial charge is 0.508 e. The van der Waals surface area contributed by atoms with Crippen LogP contribution in [0.5, 0.6) is 5.75 Å². The van der Waals surface area contributed by atoms with E-state index in [4.69, 9.17) is 5.73 Å². The lowest BCUT2D eigenvalue weighted by Crippen LogP contribution is -2.61. The van der Waals surface area contributed by atoms with E-state index in [1.807, 2.05) is 12.1 Å². The van der Waals surface area contributed by atoms with Crippen LogP contribution < -0.4 is 5.73 Å². The molecule has 2 fully saturated rings. The number of hydrogen-bond donors (Lipinski definition) is 2. The summed E-state index contributed by atoms with van der Waals surface area (Å²) >= 11 is 0. The molecule has 2 aliphatic carbocycles. The molecule has 28 heavy (non-hydrogen) atoms. The lowest BCUT2D eigenvalue weighted by molar-refractivity contribution is -0.0106. The molecule has 3 atom stereocenters. The van der Waals surface area contributed by atoms with Crippen molar-refractivity contribution in [3.8, 4) is 5.75 Å². The van der Waals surface area contributed by atoms with Crippen LogP contribution in [-0.4, -0.2) is 29.1 Å². The zero-order valence-electron chi connectivity index (χ0n) is 16.4. The van der Waals surface area contributed by atoms with Gasteiger partial charge in [-0.1, -0.05) is 31.0 Å². The van der Waals surface area contributed by atoms with Crippen molar-refractivity contribution in [3.63, 3.8) is 0 Å². The van der Waals surface area contributed by atoms with Gasteiger partial charge in [-0.15, -0.1) is 12.4 Å². The van der Waals surface area contributed by atoms with Crippen molar-refractivity contribution in [2.24, 2.45) is 5.92 Å². The van der Waals surface area contributed by atoms with Gasteiger partial charge in [0.05, 0.1) is 0 Å². The van der Waals surface area contributed by atoms with Crippen LogP contribution in [0, 0.1) is 5.92 Å². The fourth-order valence-corrected chi connectivity index (χ4v) is 6.37. The molecule has 1 saturated heterocycles. The zero-order chi connectivity index (χ0) is 18.4. The maximum Gasteiger partial charge on any atom is 0.115 e. The van der Waals surface area contributed by atoms with E-state index >= 15 is 0 Å². The summed E-state index contributed by atoms with van der Waals surface area (Å²) in [7, 11) is 0. The monoisotopic (exact) mass is 398 g/mol. The number of nitrogens with two attached hydrogens (primary N) is 1. The van der Waals surface area contributed by atoms with Gasteiger partial charge in [0.25, 0.3) is 0 Å². The number of halogens is 1. The number of aromatic hydroxyl groups is 1. The molecular formula is C24H31ClN2O. The van der Waals surface area contributed by atoms with Gasteiger partial charge in [-0.2, -0.15) is 0 Å². The average Bonchev–Trinajstić information content (AvgIpc) is 2.68. The van der Waals surface area contributed by atoms with Gasteiger partial charge in [-0.25, -0.2) is 0 Å². The number of likely N-dealkylation sites (tertiary alicyclic amines) is 1. The Labute approximate surface area is 174 Å². The number of nitrogens with zero attached hydrogens (tertiary/aromatic N) is 1. The molecule has 150 valence electrons. The number of piperidine rings is 1. The molecule has 0 spiro atoms. The Morgan fingerprint density at radius 1 is 1.11 bits per heavy atom. The molecule has 1 saturated carbocycles. The van der Waals surface area contributed by atoms with Crippen molar-refractivity contribution in [1.29, 1.82) is 0 Å². The Kier molecular flexibility index (Phi) is 5.32. The smallest absolute Gasteiger partial charge is 0.115 e. The number of fused-ring (bicyclic) bond motifs is 1. The first kappa shape index (κ1) is 19.6. The maximum atomic E-state index is 10.1. The van der Waals surface area contributed by atoms with E-state index in [1.54, 1.807) is 0 Å². The summed E-state index contributed by atoms with van der Waals surface area (Å²) < 4.78 is 0. The van der Waals surface area contributed by atoms with Crippen LogP contribution in [0.25, 0.3) is 0 Å². The first-order chi connectivity index (χ1) is 13.2. The van der Waals surface area contributed by atoms with Crippen molar-refractivity contribution in [2.45, 2.75) is 56.4 Å². The van der Waals surface area contributed by atoms with Gasteiger partial charge in [0.2, 0.25) is 0 Å². The van der Waals surface area contributed by atoms with E-state index < -0.39 is 0 Å². The van der Waals surface area contributed by atoms with Crippen LogP contribution in [0.1, 0.15) is 48.8 Å². The molecule has 0 aromatic heterocycles. The molecule has 5 rings (SSSR count). The van der Waals surface area contributed by atoms with Crippen molar-refractivity contribution < 1.29 is 5.11 Å². The zero-order valence-corrected chi connectivity index (χ0v) is 17.3. The Balaban J connectivity index is 0.00000192. The quantitative estimate of drug-likeness (QED) is 0.737. The first-order valence-electron chi connectivity index (χ1n) is 10.6. The third-order valence-corrected chi connectivity index (χ3v) is 7.57. The minimum absolute atomic E-state index is 0. The van der Waals surface area contributed by atoms with Crippen LogP contribution in [0.3, 0.4) is 0 Å². The lowest BCUT2D eigenvalue weighted by atomic mass is 9.52. The standard InChI is InChI=1S/C24H30N2O.ClH/c25-19-5-3-4-17(14-19)9-12-26-13-11-24-10-2-1-6-21(24)23(26)15-18-7-8-20(27)16-22(18)24;/h3-5,7-8,14,16,21,23,27H,1-2,6,9-13,15,25H2;1H/t21-,23-,24+;/m0./s1. The van der Waals surface area contributed by atoms with E-state index in [9.17, 15) is 5.11 Å². The number of nitrogen functional groups attached to an aromatic ring is 1. The summed E-state index contributed by atoms with van der Waals surface area (Å²) in [6.07, 6.45) is 8.79. The minimum atomic E-state index is 0. The van der Waals surface area contributed by atoms with Crippen LogP contribution in [0.4, 0.5) is 5.69 Å². The predicted molar refractivity (Wildman–Crippen MR) is 117 cm³/mol. The summed E-state index contributed by atoms with van der Waals surface area (Å²) in [6.45, 7) is 2.30. The van der Waals surface area contributed by atoms with E-state index in [-0.39, 0.29) is 12.4 Å². The molecule has 2 aromatic carbocycles. The molecule has 2 bridgehead atoms. The molecule has 3 aliphatic rings. The lowest BCUT2D eigenvalue weighted by Gasteiger charge is -2.59. The number of anilines is 1. The maximum absolute atomic E-state index is 10.1. The molecular weight excluding hydrogens is 368 g/mol. The van der Waals surface area contributed by atoms with Gasteiger partial charge in [0.1, 0.15) is 5.75 Å². The van der Waals surface area contributed by atoms with Crippen molar-refractivity contribution >= 4 is 18.1 Å². The van der Waals surface area contributed by atoms with Crippen molar-refractivity contribution in [1.82, 2.24) is 4.90 Å². The van der Waals surface area contributed by atoms with Crippen LogP contribution >= 0.6 is 12.4 Å². The first-order valence-corrected chi connectivity index (χ1v) is 10.6. The Morgan fingerprint density at radius 3 is 2.86 bits per heavy atom. The molecule has 1 aliphatic heterocycles. The highest BCUT2D eigenvalue weighted by Gasteiger charge is 2.53. The van der Waals surface area contributed by atoms with Crippen molar-refractivity contribution in [2.75, 3.05) is 18.8 Å². The summed E-state index contributed by atoms with van der Waals surface area (Å²) in [6, 6.07) is 15.2. The molecule has 3 N–H and O–H groups in total.